The second-order valence-corrected chi connectivity index (χ2v) is 5.10. The Hall–Kier alpha value is -2.90. The van der Waals surface area contributed by atoms with E-state index in [0.29, 0.717) is 22.8 Å². The lowest BCUT2D eigenvalue weighted by atomic mass is 10.1. The van der Waals surface area contributed by atoms with E-state index in [0.717, 1.165) is 5.56 Å². The minimum absolute atomic E-state index is 0.127. The van der Waals surface area contributed by atoms with E-state index in [1.54, 1.807) is 7.11 Å². The molecule has 0 aliphatic rings. The molecule has 0 unspecified atom stereocenters. The molecule has 0 spiro atoms. The summed E-state index contributed by atoms with van der Waals surface area (Å²) in [6.45, 7) is 0. The third kappa shape index (κ3) is 2.87. The van der Waals surface area contributed by atoms with Crippen molar-refractivity contribution in [2.75, 3.05) is 7.11 Å². The number of rotatable bonds is 3. The Morgan fingerprint density at radius 3 is 2.39 bits per heavy atom. The van der Waals surface area contributed by atoms with Gasteiger partial charge in [0.2, 0.25) is 0 Å². The SMILES string of the molecule is COc1ccccc1-c1nc(-c2ccccc2)nc(Cl)c1C#N. The van der Waals surface area contributed by atoms with Gasteiger partial charge in [-0.2, -0.15) is 5.26 Å². The number of nitrogens with zero attached hydrogens (tertiary/aromatic N) is 3. The van der Waals surface area contributed by atoms with Gasteiger partial charge < -0.3 is 4.74 Å². The molecule has 0 saturated heterocycles. The van der Waals surface area contributed by atoms with Crippen LogP contribution in [0.4, 0.5) is 0 Å². The summed E-state index contributed by atoms with van der Waals surface area (Å²) in [4.78, 5) is 8.80. The molecule has 0 aliphatic carbocycles. The van der Waals surface area contributed by atoms with E-state index in [9.17, 15) is 5.26 Å². The zero-order chi connectivity index (χ0) is 16.2. The summed E-state index contributed by atoms with van der Waals surface area (Å²) in [5, 5.41) is 9.56. The number of methoxy groups -OCH3 is 1. The second-order valence-electron chi connectivity index (χ2n) is 4.74. The quantitative estimate of drug-likeness (QED) is 0.673. The average molecular weight is 322 g/mol. The number of ether oxygens (including phenoxy) is 1. The van der Waals surface area contributed by atoms with Crippen LogP contribution in [0.15, 0.2) is 54.6 Å². The Labute approximate surface area is 139 Å². The van der Waals surface area contributed by atoms with E-state index in [2.05, 4.69) is 16.0 Å². The van der Waals surface area contributed by atoms with Gasteiger partial charge >= 0.3 is 0 Å². The monoisotopic (exact) mass is 321 g/mol. The van der Waals surface area contributed by atoms with Crippen molar-refractivity contribution >= 4 is 11.6 Å². The van der Waals surface area contributed by atoms with Crippen LogP contribution < -0.4 is 4.74 Å². The molecular formula is C18H12ClN3O. The molecule has 4 nitrogen and oxygen atoms in total. The molecule has 5 heteroatoms. The van der Waals surface area contributed by atoms with Crippen LogP contribution in [0.3, 0.4) is 0 Å². The van der Waals surface area contributed by atoms with Gasteiger partial charge in [0.1, 0.15) is 17.4 Å². The predicted octanol–water partition coefficient (Wildman–Crippen LogP) is 4.34. The Balaban J connectivity index is 2.27. The maximum Gasteiger partial charge on any atom is 0.161 e. The molecule has 3 rings (SSSR count). The zero-order valence-electron chi connectivity index (χ0n) is 12.3. The van der Waals surface area contributed by atoms with Crippen molar-refractivity contribution in [1.29, 1.82) is 5.26 Å². The molecule has 0 bridgehead atoms. The molecule has 0 fully saturated rings. The number of hydrogen-bond acceptors (Lipinski definition) is 4. The minimum Gasteiger partial charge on any atom is -0.496 e. The van der Waals surface area contributed by atoms with Gasteiger partial charge in [-0.1, -0.05) is 54.1 Å². The first-order valence-electron chi connectivity index (χ1n) is 6.91. The first-order valence-corrected chi connectivity index (χ1v) is 7.29. The van der Waals surface area contributed by atoms with Gasteiger partial charge in [0.15, 0.2) is 11.0 Å². The zero-order valence-corrected chi connectivity index (χ0v) is 13.1. The fourth-order valence-corrected chi connectivity index (χ4v) is 2.50. The van der Waals surface area contributed by atoms with Gasteiger partial charge in [0.25, 0.3) is 0 Å². The molecule has 0 atom stereocenters. The maximum atomic E-state index is 9.43. The number of para-hydroxylation sites is 1. The van der Waals surface area contributed by atoms with Crippen LogP contribution in [0, 0.1) is 11.3 Å². The molecule has 1 aromatic heterocycles. The van der Waals surface area contributed by atoms with E-state index in [1.165, 1.54) is 0 Å². The van der Waals surface area contributed by atoms with Gasteiger partial charge in [0.05, 0.1) is 12.8 Å². The summed E-state index contributed by atoms with van der Waals surface area (Å²) < 4.78 is 5.37. The third-order valence-corrected chi connectivity index (χ3v) is 3.64. The van der Waals surface area contributed by atoms with Crippen LogP contribution in [-0.4, -0.2) is 17.1 Å². The maximum absolute atomic E-state index is 9.43. The van der Waals surface area contributed by atoms with Gasteiger partial charge in [-0.05, 0) is 12.1 Å². The van der Waals surface area contributed by atoms with Crippen LogP contribution in [-0.2, 0) is 0 Å². The number of halogens is 1. The summed E-state index contributed by atoms with van der Waals surface area (Å²) in [5.74, 6) is 1.09. The molecular weight excluding hydrogens is 310 g/mol. The molecule has 1 heterocycles. The van der Waals surface area contributed by atoms with E-state index in [1.807, 2.05) is 54.6 Å². The molecule has 0 N–H and O–H groups in total. The lowest BCUT2D eigenvalue weighted by Crippen LogP contribution is -1.99. The Kier molecular flexibility index (Phi) is 4.22. The van der Waals surface area contributed by atoms with Crippen LogP contribution in [0.2, 0.25) is 5.15 Å². The summed E-state index contributed by atoms with van der Waals surface area (Å²) in [6, 6.07) is 18.9. The number of nitriles is 1. The first kappa shape index (κ1) is 15.0. The fourth-order valence-electron chi connectivity index (χ4n) is 2.28. The normalized spacial score (nSPS) is 10.1. The second kappa shape index (κ2) is 6.47. The Bertz CT molecular complexity index is 889. The fraction of sp³-hybridized carbons (Fsp3) is 0.0556. The van der Waals surface area contributed by atoms with Crippen molar-refractivity contribution < 1.29 is 4.74 Å². The molecule has 0 radical (unpaired) electrons. The smallest absolute Gasteiger partial charge is 0.161 e. The molecule has 0 saturated carbocycles. The molecule has 0 amide bonds. The van der Waals surface area contributed by atoms with E-state index in [-0.39, 0.29) is 10.7 Å². The van der Waals surface area contributed by atoms with Gasteiger partial charge in [-0.25, -0.2) is 9.97 Å². The topological polar surface area (TPSA) is 58.8 Å². The van der Waals surface area contributed by atoms with E-state index in [4.69, 9.17) is 16.3 Å². The first-order chi connectivity index (χ1) is 11.2. The lowest BCUT2D eigenvalue weighted by Gasteiger charge is -2.11. The predicted molar refractivity (Wildman–Crippen MR) is 89.2 cm³/mol. The minimum atomic E-state index is 0.127. The highest BCUT2D eigenvalue weighted by Gasteiger charge is 2.18. The van der Waals surface area contributed by atoms with E-state index >= 15 is 0 Å². The largest absolute Gasteiger partial charge is 0.496 e. The Morgan fingerprint density at radius 2 is 1.70 bits per heavy atom. The van der Waals surface area contributed by atoms with Gasteiger partial charge in [0, 0.05) is 11.1 Å². The standard InChI is InChI=1S/C18H12ClN3O/c1-23-15-10-6-5-9-13(15)16-14(11-20)17(19)22-18(21-16)12-7-3-2-4-8-12/h2-10H,1H3. The number of benzene rings is 2. The molecule has 23 heavy (non-hydrogen) atoms. The van der Waals surface area contributed by atoms with Crippen molar-refractivity contribution in [3.8, 4) is 34.5 Å². The van der Waals surface area contributed by atoms with Crippen molar-refractivity contribution in [3.63, 3.8) is 0 Å². The molecule has 0 aliphatic heterocycles. The van der Waals surface area contributed by atoms with Crippen molar-refractivity contribution in [1.82, 2.24) is 9.97 Å². The van der Waals surface area contributed by atoms with Gasteiger partial charge in [-0.15, -0.1) is 0 Å². The van der Waals surface area contributed by atoms with Crippen LogP contribution in [0.1, 0.15) is 5.56 Å². The number of aromatic nitrogens is 2. The summed E-state index contributed by atoms with van der Waals surface area (Å²) in [6.07, 6.45) is 0. The summed E-state index contributed by atoms with van der Waals surface area (Å²) in [5.41, 5.74) is 2.22. The van der Waals surface area contributed by atoms with Gasteiger partial charge in [-0.3, -0.25) is 0 Å². The highest BCUT2D eigenvalue weighted by molar-refractivity contribution is 6.31. The van der Waals surface area contributed by atoms with Crippen molar-refractivity contribution in [2.45, 2.75) is 0 Å². The Morgan fingerprint density at radius 1 is 1.00 bits per heavy atom. The van der Waals surface area contributed by atoms with Crippen molar-refractivity contribution in [2.24, 2.45) is 0 Å². The molecule has 112 valence electrons. The number of hydrogen-bond donors (Lipinski definition) is 0. The molecule has 2 aromatic carbocycles. The average Bonchev–Trinajstić information content (AvgIpc) is 2.61. The lowest BCUT2D eigenvalue weighted by molar-refractivity contribution is 0.416. The third-order valence-electron chi connectivity index (χ3n) is 3.37. The highest BCUT2D eigenvalue weighted by atomic mass is 35.5. The van der Waals surface area contributed by atoms with Crippen LogP contribution in [0.5, 0.6) is 5.75 Å². The molecule has 3 aromatic rings. The highest BCUT2D eigenvalue weighted by Crippen LogP contribution is 2.34. The summed E-state index contributed by atoms with van der Waals surface area (Å²) >= 11 is 6.22. The summed E-state index contributed by atoms with van der Waals surface area (Å²) in [7, 11) is 1.58. The van der Waals surface area contributed by atoms with Crippen LogP contribution >= 0.6 is 11.6 Å². The van der Waals surface area contributed by atoms with Crippen LogP contribution in [0.25, 0.3) is 22.6 Å². The van der Waals surface area contributed by atoms with E-state index < -0.39 is 0 Å². The van der Waals surface area contributed by atoms with Crippen molar-refractivity contribution in [3.05, 3.63) is 65.3 Å².